The van der Waals surface area contributed by atoms with Crippen LogP contribution in [0.1, 0.15) is 11.1 Å². The van der Waals surface area contributed by atoms with Gasteiger partial charge in [-0.15, -0.1) is 0 Å². The van der Waals surface area contributed by atoms with Crippen LogP contribution in [0.2, 0.25) is 0 Å². The van der Waals surface area contributed by atoms with Gasteiger partial charge in [0.1, 0.15) is 0 Å². The van der Waals surface area contributed by atoms with Crippen molar-refractivity contribution in [2.45, 2.75) is 6.54 Å². The van der Waals surface area contributed by atoms with Crippen molar-refractivity contribution in [3.8, 4) is 17.2 Å². The molecular formula is C22H23N3O4. The van der Waals surface area contributed by atoms with Crippen molar-refractivity contribution in [3.63, 3.8) is 0 Å². The second-order valence-electron chi connectivity index (χ2n) is 6.19. The van der Waals surface area contributed by atoms with Crippen LogP contribution in [0.3, 0.4) is 0 Å². The summed E-state index contributed by atoms with van der Waals surface area (Å²) >= 11 is 0. The normalized spacial score (nSPS) is 10.7. The Bertz CT molecular complexity index is 972. The SMILES string of the molecule is COc1cc(/C=C/C(=O)Nc2cccc(Cn3cccn3)c2)cc(OC)c1OC. The maximum atomic E-state index is 12.3. The summed E-state index contributed by atoms with van der Waals surface area (Å²) in [5, 5.41) is 7.06. The van der Waals surface area contributed by atoms with Crippen LogP contribution in [-0.2, 0) is 11.3 Å². The van der Waals surface area contributed by atoms with Gasteiger partial charge in [-0.3, -0.25) is 9.48 Å². The number of amides is 1. The van der Waals surface area contributed by atoms with Crippen molar-refractivity contribution in [3.05, 3.63) is 72.1 Å². The van der Waals surface area contributed by atoms with Gasteiger partial charge in [0.15, 0.2) is 11.5 Å². The maximum Gasteiger partial charge on any atom is 0.248 e. The molecular weight excluding hydrogens is 370 g/mol. The quantitative estimate of drug-likeness (QED) is 0.592. The lowest BCUT2D eigenvalue weighted by Gasteiger charge is -2.12. The zero-order valence-electron chi connectivity index (χ0n) is 16.6. The van der Waals surface area contributed by atoms with E-state index in [1.807, 2.05) is 41.2 Å². The minimum atomic E-state index is -0.241. The van der Waals surface area contributed by atoms with E-state index in [1.165, 1.54) is 6.08 Å². The predicted octanol–water partition coefficient (Wildman–Crippen LogP) is 3.61. The number of anilines is 1. The number of nitrogens with one attached hydrogen (secondary N) is 1. The van der Waals surface area contributed by atoms with Crippen LogP contribution in [0.4, 0.5) is 5.69 Å². The molecule has 150 valence electrons. The fourth-order valence-corrected chi connectivity index (χ4v) is 2.88. The van der Waals surface area contributed by atoms with E-state index in [0.717, 1.165) is 11.1 Å². The molecule has 7 heteroatoms. The van der Waals surface area contributed by atoms with Gasteiger partial charge >= 0.3 is 0 Å². The van der Waals surface area contributed by atoms with Gasteiger partial charge in [0, 0.05) is 24.2 Å². The minimum Gasteiger partial charge on any atom is -0.493 e. The third-order valence-electron chi connectivity index (χ3n) is 4.21. The van der Waals surface area contributed by atoms with Crippen LogP contribution in [-0.4, -0.2) is 37.0 Å². The molecule has 0 fully saturated rings. The van der Waals surface area contributed by atoms with Gasteiger partial charge in [-0.1, -0.05) is 12.1 Å². The van der Waals surface area contributed by atoms with Crippen LogP contribution in [0, 0.1) is 0 Å². The highest BCUT2D eigenvalue weighted by atomic mass is 16.5. The molecule has 0 aliphatic rings. The monoisotopic (exact) mass is 393 g/mol. The van der Waals surface area contributed by atoms with Crippen molar-refractivity contribution < 1.29 is 19.0 Å². The van der Waals surface area contributed by atoms with E-state index in [0.29, 0.717) is 29.5 Å². The standard InChI is InChI=1S/C22H23N3O4/c1-27-19-13-16(14-20(28-2)22(19)29-3)8-9-21(26)24-18-7-4-6-17(12-18)15-25-11-5-10-23-25/h4-14H,15H2,1-3H3,(H,24,26)/b9-8+. The first-order valence-electron chi connectivity index (χ1n) is 8.98. The Hall–Kier alpha value is -3.74. The molecule has 0 atom stereocenters. The molecule has 1 heterocycles. The smallest absolute Gasteiger partial charge is 0.248 e. The summed E-state index contributed by atoms with van der Waals surface area (Å²) in [5.74, 6) is 1.32. The van der Waals surface area contributed by atoms with Crippen LogP contribution in [0.25, 0.3) is 6.08 Å². The topological polar surface area (TPSA) is 74.6 Å². The van der Waals surface area contributed by atoms with Crippen molar-refractivity contribution in [1.29, 1.82) is 0 Å². The molecule has 7 nitrogen and oxygen atoms in total. The van der Waals surface area contributed by atoms with E-state index in [9.17, 15) is 4.79 Å². The number of carbonyl (C=O) groups excluding carboxylic acids is 1. The summed E-state index contributed by atoms with van der Waals surface area (Å²) < 4.78 is 17.8. The van der Waals surface area contributed by atoms with E-state index in [-0.39, 0.29) is 5.91 Å². The molecule has 2 aromatic carbocycles. The fourth-order valence-electron chi connectivity index (χ4n) is 2.88. The minimum absolute atomic E-state index is 0.241. The molecule has 0 unspecified atom stereocenters. The van der Waals surface area contributed by atoms with Crippen LogP contribution in [0.15, 0.2) is 60.9 Å². The fraction of sp³-hybridized carbons (Fsp3) is 0.182. The lowest BCUT2D eigenvalue weighted by atomic mass is 10.1. The molecule has 0 saturated carbocycles. The Kier molecular flexibility index (Phi) is 6.52. The van der Waals surface area contributed by atoms with Gasteiger partial charge in [-0.05, 0) is 47.5 Å². The zero-order chi connectivity index (χ0) is 20.6. The third kappa shape index (κ3) is 5.16. The van der Waals surface area contributed by atoms with E-state index in [4.69, 9.17) is 14.2 Å². The second-order valence-corrected chi connectivity index (χ2v) is 6.19. The molecule has 1 amide bonds. The summed E-state index contributed by atoms with van der Waals surface area (Å²) in [4.78, 5) is 12.3. The van der Waals surface area contributed by atoms with Gasteiger partial charge < -0.3 is 19.5 Å². The summed E-state index contributed by atoms with van der Waals surface area (Å²) in [6.45, 7) is 0.637. The molecule has 0 aliphatic carbocycles. The average molecular weight is 393 g/mol. The zero-order valence-corrected chi connectivity index (χ0v) is 16.6. The molecule has 29 heavy (non-hydrogen) atoms. The average Bonchev–Trinajstić information content (AvgIpc) is 3.24. The molecule has 3 aromatic rings. The van der Waals surface area contributed by atoms with E-state index >= 15 is 0 Å². The molecule has 0 spiro atoms. The summed E-state index contributed by atoms with van der Waals surface area (Å²) in [6, 6.07) is 13.1. The van der Waals surface area contributed by atoms with Gasteiger partial charge in [0.05, 0.1) is 27.9 Å². The van der Waals surface area contributed by atoms with E-state index < -0.39 is 0 Å². The maximum absolute atomic E-state index is 12.3. The highest BCUT2D eigenvalue weighted by Crippen LogP contribution is 2.38. The number of hydrogen-bond acceptors (Lipinski definition) is 5. The Morgan fingerprint density at radius 2 is 1.83 bits per heavy atom. The molecule has 1 aromatic heterocycles. The second kappa shape index (κ2) is 9.45. The number of methoxy groups -OCH3 is 3. The van der Waals surface area contributed by atoms with Gasteiger partial charge in [-0.25, -0.2) is 0 Å². The van der Waals surface area contributed by atoms with Crippen molar-refractivity contribution in [2.24, 2.45) is 0 Å². The Morgan fingerprint density at radius 3 is 2.45 bits per heavy atom. The summed E-state index contributed by atoms with van der Waals surface area (Å²) in [7, 11) is 4.64. The first-order chi connectivity index (χ1) is 14.1. The first-order valence-corrected chi connectivity index (χ1v) is 8.98. The molecule has 0 saturated heterocycles. The number of ether oxygens (including phenoxy) is 3. The van der Waals surface area contributed by atoms with Crippen LogP contribution >= 0.6 is 0 Å². The van der Waals surface area contributed by atoms with Crippen molar-refractivity contribution in [2.75, 3.05) is 26.6 Å². The van der Waals surface area contributed by atoms with Crippen LogP contribution < -0.4 is 19.5 Å². The molecule has 3 rings (SSSR count). The number of carbonyl (C=O) groups is 1. The predicted molar refractivity (Wildman–Crippen MR) is 112 cm³/mol. The summed E-state index contributed by atoms with van der Waals surface area (Å²) in [6.07, 6.45) is 6.78. The number of hydrogen-bond donors (Lipinski definition) is 1. The third-order valence-corrected chi connectivity index (χ3v) is 4.21. The lowest BCUT2D eigenvalue weighted by Crippen LogP contribution is -2.08. The molecule has 0 radical (unpaired) electrons. The molecule has 1 N–H and O–H groups in total. The Labute approximate surface area is 169 Å². The van der Waals surface area contributed by atoms with E-state index in [1.54, 1.807) is 45.7 Å². The number of benzene rings is 2. The van der Waals surface area contributed by atoms with Crippen LogP contribution in [0.5, 0.6) is 17.2 Å². The van der Waals surface area contributed by atoms with Crippen molar-refractivity contribution in [1.82, 2.24) is 9.78 Å². The Morgan fingerprint density at radius 1 is 1.07 bits per heavy atom. The highest BCUT2D eigenvalue weighted by molar-refractivity contribution is 6.02. The molecule has 0 aliphatic heterocycles. The summed E-state index contributed by atoms with van der Waals surface area (Å²) in [5.41, 5.74) is 2.51. The Balaban J connectivity index is 1.70. The van der Waals surface area contributed by atoms with Crippen molar-refractivity contribution >= 4 is 17.7 Å². The van der Waals surface area contributed by atoms with Gasteiger partial charge in [0.25, 0.3) is 0 Å². The largest absolute Gasteiger partial charge is 0.493 e. The molecule has 0 bridgehead atoms. The van der Waals surface area contributed by atoms with Gasteiger partial charge in [0.2, 0.25) is 11.7 Å². The number of rotatable bonds is 8. The van der Waals surface area contributed by atoms with Gasteiger partial charge in [-0.2, -0.15) is 5.10 Å². The number of aromatic nitrogens is 2. The van der Waals surface area contributed by atoms with E-state index in [2.05, 4.69) is 10.4 Å². The first kappa shape index (κ1) is 20.0. The number of nitrogens with zero attached hydrogens (tertiary/aromatic N) is 2. The highest BCUT2D eigenvalue weighted by Gasteiger charge is 2.12. The lowest BCUT2D eigenvalue weighted by molar-refractivity contribution is -0.111.